The highest BCUT2D eigenvalue weighted by atomic mass is 32.2. The zero-order valence-corrected chi connectivity index (χ0v) is 8.64. The van der Waals surface area contributed by atoms with Crippen molar-refractivity contribution in [1.82, 2.24) is 9.03 Å². The lowest BCUT2D eigenvalue weighted by molar-refractivity contribution is 0.0725. The molecule has 0 unspecified atom stereocenters. The van der Waals surface area contributed by atoms with Gasteiger partial charge in [0.05, 0.1) is 13.2 Å². The zero-order chi connectivity index (χ0) is 9.73. The van der Waals surface area contributed by atoms with Crippen LogP contribution in [0.3, 0.4) is 0 Å². The van der Waals surface area contributed by atoms with Crippen molar-refractivity contribution in [2.75, 3.05) is 32.8 Å². The first kappa shape index (κ1) is 10.9. The molecule has 0 radical (unpaired) electrons. The fourth-order valence-electron chi connectivity index (χ4n) is 1.11. The second-order valence-electron chi connectivity index (χ2n) is 2.91. The van der Waals surface area contributed by atoms with Gasteiger partial charge in [-0.1, -0.05) is 6.92 Å². The molecule has 0 saturated carbocycles. The molecule has 13 heavy (non-hydrogen) atoms. The molecule has 0 aromatic heterocycles. The average molecular weight is 208 g/mol. The van der Waals surface area contributed by atoms with E-state index in [1.54, 1.807) is 0 Å². The number of nitrogens with zero attached hydrogens (tertiary/aromatic N) is 1. The van der Waals surface area contributed by atoms with E-state index in [-0.39, 0.29) is 0 Å². The summed E-state index contributed by atoms with van der Waals surface area (Å²) < 4.78 is 32.0. The summed E-state index contributed by atoms with van der Waals surface area (Å²) in [4.78, 5) is 0. The molecule has 0 spiro atoms. The molecule has 0 aliphatic carbocycles. The molecule has 1 aliphatic heterocycles. The minimum Gasteiger partial charge on any atom is -0.379 e. The van der Waals surface area contributed by atoms with Crippen molar-refractivity contribution in [2.45, 2.75) is 13.3 Å². The Morgan fingerprint density at radius 1 is 1.38 bits per heavy atom. The second-order valence-corrected chi connectivity index (χ2v) is 4.67. The molecule has 1 rings (SSSR count). The van der Waals surface area contributed by atoms with Gasteiger partial charge >= 0.3 is 0 Å². The van der Waals surface area contributed by atoms with Crippen molar-refractivity contribution >= 4 is 10.2 Å². The van der Waals surface area contributed by atoms with Gasteiger partial charge in [0.15, 0.2) is 0 Å². The van der Waals surface area contributed by atoms with Gasteiger partial charge in [-0.15, -0.1) is 0 Å². The summed E-state index contributed by atoms with van der Waals surface area (Å²) in [5.74, 6) is 0. The molecule has 1 aliphatic rings. The molecule has 0 amide bonds. The topological polar surface area (TPSA) is 58.6 Å². The Kier molecular flexibility index (Phi) is 4.11. The third-order valence-electron chi connectivity index (χ3n) is 1.84. The molecule has 5 nitrogen and oxygen atoms in total. The van der Waals surface area contributed by atoms with Gasteiger partial charge in [0.2, 0.25) is 0 Å². The Labute approximate surface area is 79.2 Å². The third kappa shape index (κ3) is 3.22. The van der Waals surface area contributed by atoms with E-state index in [1.165, 1.54) is 4.31 Å². The zero-order valence-electron chi connectivity index (χ0n) is 7.82. The molecule has 0 bridgehead atoms. The van der Waals surface area contributed by atoms with E-state index in [0.717, 1.165) is 6.42 Å². The largest absolute Gasteiger partial charge is 0.379 e. The second kappa shape index (κ2) is 4.90. The molecular weight excluding hydrogens is 192 g/mol. The Balaban J connectivity index is 2.47. The number of morpholine rings is 1. The van der Waals surface area contributed by atoms with Gasteiger partial charge < -0.3 is 4.74 Å². The highest BCUT2D eigenvalue weighted by Gasteiger charge is 2.22. The van der Waals surface area contributed by atoms with Crippen molar-refractivity contribution in [1.29, 1.82) is 0 Å². The molecule has 1 heterocycles. The van der Waals surface area contributed by atoms with Gasteiger partial charge in [0, 0.05) is 19.6 Å². The number of hydrogen-bond donors (Lipinski definition) is 1. The normalized spacial score (nSPS) is 20.4. The maximum Gasteiger partial charge on any atom is 0.279 e. The van der Waals surface area contributed by atoms with Gasteiger partial charge in [0.25, 0.3) is 10.2 Å². The van der Waals surface area contributed by atoms with E-state index in [9.17, 15) is 8.42 Å². The van der Waals surface area contributed by atoms with E-state index in [0.29, 0.717) is 32.8 Å². The summed E-state index contributed by atoms with van der Waals surface area (Å²) in [7, 11) is -3.24. The fraction of sp³-hybridized carbons (Fsp3) is 1.00. The first-order chi connectivity index (χ1) is 6.17. The van der Waals surface area contributed by atoms with Gasteiger partial charge in [-0.2, -0.15) is 12.7 Å². The van der Waals surface area contributed by atoms with Crippen molar-refractivity contribution < 1.29 is 13.2 Å². The minimum atomic E-state index is -3.24. The predicted molar refractivity (Wildman–Crippen MR) is 49.6 cm³/mol. The summed E-state index contributed by atoms with van der Waals surface area (Å²) >= 11 is 0. The van der Waals surface area contributed by atoms with Crippen LogP contribution in [0.25, 0.3) is 0 Å². The molecule has 0 aromatic rings. The van der Waals surface area contributed by atoms with E-state index in [4.69, 9.17) is 4.74 Å². The summed E-state index contributed by atoms with van der Waals surface area (Å²) in [6.07, 6.45) is 0.809. The molecule has 1 fully saturated rings. The van der Waals surface area contributed by atoms with Crippen LogP contribution in [0.5, 0.6) is 0 Å². The maximum atomic E-state index is 11.5. The summed E-state index contributed by atoms with van der Waals surface area (Å²) in [5, 5.41) is 0. The highest BCUT2D eigenvalue weighted by Crippen LogP contribution is 2.02. The first-order valence-corrected chi connectivity index (χ1v) is 5.93. The van der Waals surface area contributed by atoms with Crippen LogP contribution in [0.2, 0.25) is 0 Å². The van der Waals surface area contributed by atoms with E-state index < -0.39 is 10.2 Å². The average Bonchev–Trinajstić information content (AvgIpc) is 2.16. The molecule has 0 atom stereocenters. The SMILES string of the molecule is CCCNS(=O)(=O)N1CCOCC1. The predicted octanol–water partition coefficient (Wildman–Crippen LogP) is -0.437. The number of hydrogen-bond acceptors (Lipinski definition) is 3. The van der Waals surface area contributed by atoms with Crippen molar-refractivity contribution in [2.24, 2.45) is 0 Å². The lowest BCUT2D eigenvalue weighted by Crippen LogP contribution is -2.46. The van der Waals surface area contributed by atoms with Crippen molar-refractivity contribution in [3.8, 4) is 0 Å². The monoisotopic (exact) mass is 208 g/mol. The molecule has 78 valence electrons. The van der Waals surface area contributed by atoms with Crippen LogP contribution in [0.1, 0.15) is 13.3 Å². The van der Waals surface area contributed by atoms with Crippen LogP contribution in [0, 0.1) is 0 Å². The summed E-state index contributed by atoms with van der Waals surface area (Å²) in [6, 6.07) is 0. The molecule has 0 aromatic carbocycles. The van der Waals surface area contributed by atoms with Gasteiger partial charge in [0.1, 0.15) is 0 Å². The van der Waals surface area contributed by atoms with Gasteiger partial charge in [-0.05, 0) is 6.42 Å². The van der Waals surface area contributed by atoms with Crippen LogP contribution in [-0.4, -0.2) is 45.6 Å². The lowest BCUT2D eigenvalue weighted by atomic mass is 10.5. The Hall–Kier alpha value is -0.170. The summed E-state index contributed by atoms with van der Waals surface area (Å²) in [5.41, 5.74) is 0. The third-order valence-corrected chi connectivity index (χ3v) is 3.46. The Bertz CT molecular complexity index is 234. The van der Waals surface area contributed by atoms with Crippen molar-refractivity contribution in [3.63, 3.8) is 0 Å². The van der Waals surface area contributed by atoms with Crippen molar-refractivity contribution in [3.05, 3.63) is 0 Å². The first-order valence-electron chi connectivity index (χ1n) is 4.49. The number of nitrogens with one attached hydrogen (secondary N) is 1. The quantitative estimate of drug-likeness (QED) is 0.681. The molecule has 6 heteroatoms. The van der Waals surface area contributed by atoms with E-state index >= 15 is 0 Å². The van der Waals surface area contributed by atoms with Crippen LogP contribution < -0.4 is 4.72 Å². The summed E-state index contributed by atoms with van der Waals surface area (Å²) in [6.45, 7) is 4.33. The standard InChI is InChI=1S/C7H16N2O3S/c1-2-3-8-13(10,11)9-4-6-12-7-5-9/h8H,2-7H2,1H3. The highest BCUT2D eigenvalue weighted by molar-refractivity contribution is 7.87. The molecular formula is C7H16N2O3S. The van der Waals surface area contributed by atoms with E-state index in [2.05, 4.69) is 4.72 Å². The Morgan fingerprint density at radius 3 is 2.54 bits per heavy atom. The maximum absolute atomic E-state index is 11.5. The van der Waals surface area contributed by atoms with Crippen LogP contribution in [-0.2, 0) is 14.9 Å². The van der Waals surface area contributed by atoms with E-state index in [1.807, 2.05) is 6.92 Å². The fourth-order valence-corrected chi connectivity index (χ4v) is 2.38. The van der Waals surface area contributed by atoms with Crippen LogP contribution >= 0.6 is 0 Å². The molecule has 1 N–H and O–H groups in total. The van der Waals surface area contributed by atoms with Gasteiger partial charge in [-0.25, -0.2) is 4.72 Å². The Morgan fingerprint density at radius 2 is 2.00 bits per heavy atom. The van der Waals surface area contributed by atoms with Gasteiger partial charge in [-0.3, -0.25) is 0 Å². The van der Waals surface area contributed by atoms with Crippen LogP contribution in [0.15, 0.2) is 0 Å². The van der Waals surface area contributed by atoms with Crippen LogP contribution in [0.4, 0.5) is 0 Å². The lowest BCUT2D eigenvalue weighted by Gasteiger charge is -2.25. The smallest absolute Gasteiger partial charge is 0.279 e. The number of rotatable bonds is 4. The molecule has 1 saturated heterocycles. The number of ether oxygens (including phenoxy) is 1. The minimum absolute atomic E-state index is 0.457.